The molecule has 6 atom stereocenters. The highest BCUT2D eigenvalue weighted by molar-refractivity contribution is 5.89. The van der Waals surface area contributed by atoms with E-state index >= 15 is 0 Å². The molecule has 346 valence electrons. The maximum atomic E-state index is 14.1. The van der Waals surface area contributed by atoms with Gasteiger partial charge < -0.3 is 39.9 Å². The summed E-state index contributed by atoms with van der Waals surface area (Å²) in [5.41, 5.74) is 11.8. The van der Waals surface area contributed by atoms with Gasteiger partial charge in [-0.2, -0.15) is 0 Å². The molecule has 4 amide bonds. The number of likely N-dealkylation sites (tertiary alicyclic amines) is 2. The molecule has 5 aliphatic rings. The van der Waals surface area contributed by atoms with Crippen molar-refractivity contribution in [1.82, 2.24) is 40.4 Å². The fourth-order valence-corrected chi connectivity index (χ4v) is 11.8. The average Bonchev–Trinajstić information content (AvgIpc) is 4.06. The lowest BCUT2D eigenvalue weighted by Crippen LogP contribution is -2.52. The molecule has 14 nitrogen and oxygen atoms in total. The number of carbonyl (C=O) groups excluding carboxylic acids is 4. The van der Waals surface area contributed by atoms with E-state index in [1.165, 1.54) is 67.7 Å². The second kappa shape index (κ2) is 17.2. The van der Waals surface area contributed by atoms with Crippen LogP contribution in [0.4, 0.5) is 9.59 Å². The summed E-state index contributed by atoms with van der Waals surface area (Å²) in [7, 11) is 2.62. The van der Waals surface area contributed by atoms with Crippen molar-refractivity contribution >= 4 is 35.0 Å². The fraction of sp³-hybridized carbons (Fsp3) is 0.500. The minimum Gasteiger partial charge on any atom is -0.453 e. The Balaban J connectivity index is 0.904. The summed E-state index contributed by atoms with van der Waals surface area (Å²) in [5.74, 6) is 1.58. The summed E-state index contributed by atoms with van der Waals surface area (Å²) in [6.07, 6.45) is 11.3. The number of amides is 4. The van der Waals surface area contributed by atoms with Gasteiger partial charge in [0, 0.05) is 12.6 Å². The second-order valence-electron chi connectivity index (χ2n) is 20.3. The van der Waals surface area contributed by atoms with E-state index in [1.807, 2.05) is 43.7 Å². The van der Waals surface area contributed by atoms with Gasteiger partial charge in [-0.3, -0.25) is 9.59 Å². The molecule has 2 saturated heterocycles. The van der Waals surface area contributed by atoms with Gasteiger partial charge in [-0.05, 0) is 126 Å². The lowest BCUT2D eigenvalue weighted by molar-refractivity contribution is -0.137. The lowest BCUT2D eigenvalue weighted by atomic mass is 9.82. The van der Waals surface area contributed by atoms with Gasteiger partial charge in [0.2, 0.25) is 11.8 Å². The molecule has 5 aromatic rings. The smallest absolute Gasteiger partial charge is 0.407 e. The summed E-state index contributed by atoms with van der Waals surface area (Å²) in [6, 6.07) is 18.3. The van der Waals surface area contributed by atoms with E-state index in [1.54, 1.807) is 0 Å². The highest BCUT2D eigenvalue weighted by atomic mass is 16.5. The third-order valence-corrected chi connectivity index (χ3v) is 15.4. The number of piperidine rings is 1. The summed E-state index contributed by atoms with van der Waals surface area (Å²) in [6.45, 7) is 8.33. The van der Waals surface area contributed by atoms with Crippen molar-refractivity contribution < 1.29 is 28.7 Å². The van der Waals surface area contributed by atoms with Gasteiger partial charge in [0.1, 0.15) is 23.7 Å². The first-order valence-corrected chi connectivity index (χ1v) is 24.0. The maximum Gasteiger partial charge on any atom is 0.407 e. The standard InChI is InChI=1S/C52H62N8O6/c1-28(2)44(57-50(63)65-5)48(61)59-21-9-10-41(59)46-53-27-40(56-46)31-13-11-30(12-14-31)34-16-17-35(37-26-52(25-36(34)37)19-7-8-20-52)32-15-18-38-39(22-32)55-47(54-38)43-24-33-23-42(33)60(43)49(62)45(29(3)4)58-51(64)66-6/h11-18,22,27-29,33,41-45H,7-10,19-21,23-26H2,1-6H3,(H,53,56)(H,54,55)(H,57,63)(H,58,64)/t33?,41-,42?,43-,44-,45-/m0/s1. The number of aromatic amines is 2. The van der Waals surface area contributed by atoms with Crippen molar-refractivity contribution in [3.63, 3.8) is 0 Å². The molecule has 3 aromatic carbocycles. The van der Waals surface area contributed by atoms with E-state index in [0.717, 1.165) is 78.0 Å². The van der Waals surface area contributed by atoms with Crippen LogP contribution >= 0.6 is 0 Å². The number of benzene rings is 3. The molecule has 2 aromatic heterocycles. The number of alkyl carbamates (subject to hydrolysis) is 2. The minimum absolute atomic E-state index is 0.0815. The minimum atomic E-state index is -0.686. The number of ether oxygens (including phenoxy) is 2. The van der Waals surface area contributed by atoms with Crippen molar-refractivity contribution in [2.45, 2.75) is 122 Å². The molecule has 14 heteroatoms. The maximum absolute atomic E-state index is 14.1. The molecule has 2 aliphatic heterocycles. The molecule has 4 heterocycles. The number of H-pyrrole nitrogens is 2. The quantitative estimate of drug-likeness (QED) is 0.102. The Morgan fingerprint density at radius 1 is 0.727 bits per heavy atom. The molecule has 0 radical (unpaired) electrons. The second-order valence-corrected chi connectivity index (χ2v) is 20.3. The first-order valence-electron chi connectivity index (χ1n) is 24.0. The van der Waals surface area contributed by atoms with Gasteiger partial charge in [0.05, 0.1) is 49.2 Å². The third kappa shape index (κ3) is 7.89. The third-order valence-electron chi connectivity index (χ3n) is 15.4. The van der Waals surface area contributed by atoms with E-state index in [4.69, 9.17) is 19.4 Å². The topological polar surface area (TPSA) is 175 Å². The Bertz CT molecular complexity index is 2680. The molecular formula is C52H62N8O6. The highest BCUT2D eigenvalue weighted by Crippen LogP contribution is 2.55. The Morgan fingerprint density at radius 2 is 1.35 bits per heavy atom. The van der Waals surface area contributed by atoms with Gasteiger partial charge in [0.25, 0.3) is 0 Å². The number of rotatable bonds is 11. The summed E-state index contributed by atoms with van der Waals surface area (Å²) in [5, 5.41) is 5.51. The van der Waals surface area contributed by atoms with Crippen LogP contribution in [-0.4, -0.2) is 92.6 Å². The normalized spacial score (nSPS) is 22.5. The van der Waals surface area contributed by atoms with Crippen LogP contribution < -0.4 is 10.6 Å². The van der Waals surface area contributed by atoms with Crippen LogP contribution in [-0.2, 0) is 31.9 Å². The zero-order valence-corrected chi connectivity index (χ0v) is 38.9. The van der Waals surface area contributed by atoms with Gasteiger partial charge in [-0.15, -0.1) is 0 Å². The predicted octanol–water partition coefficient (Wildman–Crippen LogP) is 9.03. The van der Waals surface area contributed by atoms with Crippen LogP contribution in [0.3, 0.4) is 0 Å². The number of carbonyl (C=O) groups is 4. The van der Waals surface area contributed by atoms with Crippen LogP contribution in [0, 0.1) is 23.2 Å². The van der Waals surface area contributed by atoms with E-state index < -0.39 is 24.3 Å². The van der Waals surface area contributed by atoms with Gasteiger partial charge in [-0.25, -0.2) is 19.6 Å². The lowest BCUT2D eigenvalue weighted by Gasteiger charge is -2.31. The van der Waals surface area contributed by atoms with Gasteiger partial charge in [-0.1, -0.05) is 83.0 Å². The SMILES string of the molecule is COC(=O)N[C@H](C(=O)N1CCC[C@H]1c1ncc(-c2ccc(-c3ccc(-c4ccc5nc([C@@H]6CC7CC7N6C(=O)[C@@H](NC(=O)OC)C(C)C)[nH]c5c4)c4c3CC3(CCCC3)C4)cc2)[nH]1)C(C)C. The number of hydrogen-bond acceptors (Lipinski definition) is 8. The Hall–Kier alpha value is -6.18. The number of nitrogens with zero attached hydrogens (tertiary/aromatic N) is 4. The van der Waals surface area contributed by atoms with Crippen molar-refractivity contribution in [1.29, 1.82) is 0 Å². The van der Waals surface area contributed by atoms with Crippen LogP contribution in [0.1, 0.15) is 114 Å². The molecule has 2 unspecified atom stereocenters. The number of methoxy groups -OCH3 is 2. The Morgan fingerprint density at radius 3 is 2.00 bits per heavy atom. The number of fused-ring (bicyclic) bond motifs is 3. The first kappa shape index (κ1) is 43.7. The molecule has 2 saturated carbocycles. The average molecular weight is 895 g/mol. The van der Waals surface area contributed by atoms with E-state index in [2.05, 4.69) is 75.2 Å². The van der Waals surface area contributed by atoms with Crippen LogP contribution in [0.25, 0.3) is 44.5 Å². The molecule has 3 aliphatic carbocycles. The van der Waals surface area contributed by atoms with E-state index in [9.17, 15) is 19.2 Å². The number of imidazole rings is 2. The molecule has 4 N–H and O–H groups in total. The number of nitrogens with one attached hydrogen (secondary N) is 4. The van der Waals surface area contributed by atoms with Crippen LogP contribution in [0.5, 0.6) is 0 Å². The fourth-order valence-electron chi connectivity index (χ4n) is 11.8. The van der Waals surface area contributed by atoms with Crippen LogP contribution in [0.15, 0.2) is 60.8 Å². The Labute approximate surface area is 386 Å². The summed E-state index contributed by atoms with van der Waals surface area (Å²) >= 11 is 0. The van der Waals surface area contributed by atoms with Crippen molar-refractivity contribution in [2.24, 2.45) is 23.2 Å². The molecular weight excluding hydrogens is 833 g/mol. The zero-order chi connectivity index (χ0) is 46.0. The summed E-state index contributed by atoms with van der Waals surface area (Å²) < 4.78 is 9.67. The highest BCUT2D eigenvalue weighted by Gasteiger charge is 2.56. The van der Waals surface area contributed by atoms with E-state index in [-0.39, 0.29) is 41.8 Å². The molecule has 1 spiro atoms. The monoisotopic (exact) mass is 894 g/mol. The van der Waals surface area contributed by atoms with Crippen molar-refractivity contribution in [3.8, 4) is 33.5 Å². The van der Waals surface area contributed by atoms with Crippen molar-refractivity contribution in [2.75, 3.05) is 20.8 Å². The number of aromatic nitrogens is 4. The summed E-state index contributed by atoms with van der Waals surface area (Å²) in [4.78, 5) is 72.9. The predicted molar refractivity (Wildman–Crippen MR) is 251 cm³/mol. The molecule has 66 heavy (non-hydrogen) atoms. The van der Waals surface area contributed by atoms with Gasteiger partial charge >= 0.3 is 12.2 Å². The Kier molecular flexibility index (Phi) is 11.4. The first-order chi connectivity index (χ1) is 31.8. The number of hydrogen-bond donors (Lipinski definition) is 4. The van der Waals surface area contributed by atoms with E-state index in [0.29, 0.717) is 17.9 Å². The molecule has 10 rings (SSSR count). The largest absolute Gasteiger partial charge is 0.453 e. The van der Waals surface area contributed by atoms with Gasteiger partial charge in [0.15, 0.2) is 0 Å². The molecule has 0 bridgehead atoms. The van der Waals surface area contributed by atoms with Crippen LogP contribution in [0.2, 0.25) is 0 Å². The van der Waals surface area contributed by atoms with Crippen molar-refractivity contribution in [3.05, 3.63) is 83.6 Å². The zero-order valence-electron chi connectivity index (χ0n) is 38.9. The molecule has 4 fully saturated rings.